The average Bonchev–Trinajstić information content (AvgIpc) is 2.76. The van der Waals surface area contributed by atoms with E-state index < -0.39 is 21.7 Å². The predicted molar refractivity (Wildman–Crippen MR) is 75.0 cm³/mol. The summed E-state index contributed by atoms with van der Waals surface area (Å²) < 4.78 is 25.2. The number of sulfonamides is 1. The van der Waals surface area contributed by atoms with E-state index in [1.54, 1.807) is 13.8 Å². The van der Waals surface area contributed by atoms with Gasteiger partial charge in [-0.25, -0.2) is 12.7 Å². The summed E-state index contributed by atoms with van der Waals surface area (Å²) in [6.07, 6.45) is 2.93. The van der Waals surface area contributed by atoms with Gasteiger partial charge in [0.2, 0.25) is 15.9 Å². The average molecular weight is 291 g/mol. The molecule has 3 N–H and O–H groups in total. The Balaban J connectivity index is 2.55. The van der Waals surface area contributed by atoms with Gasteiger partial charge in [0, 0.05) is 19.1 Å². The van der Waals surface area contributed by atoms with Crippen LogP contribution in [0.25, 0.3) is 0 Å². The van der Waals surface area contributed by atoms with Gasteiger partial charge in [-0.15, -0.1) is 0 Å². The van der Waals surface area contributed by atoms with Crippen LogP contribution in [0.4, 0.5) is 0 Å². The molecule has 6 nitrogen and oxygen atoms in total. The molecule has 2 unspecified atom stereocenters. The Bertz CT molecular complexity index is 393. The summed E-state index contributed by atoms with van der Waals surface area (Å²) >= 11 is 0. The van der Waals surface area contributed by atoms with E-state index in [1.807, 2.05) is 0 Å². The normalized spacial score (nSPS) is 23.8. The minimum atomic E-state index is -3.50. The maximum Gasteiger partial charge on any atom is 0.236 e. The lowest BCUT2D eigenvalue weighted by molar-refractivity contribution is -0.119. The van der Waals surface area contributed by atoms with Crippen LogP contribution in [-0.4, -0.2) is 50.1 Å². The van der Waals surface area contributed by atoms with Gasteiger partial charge in [-0.2, -0.15) is 0 Å². The first-order valence-electron chi connectivity index (χ1n) is 6.91. The van der Waals surface area contributed by atoms with Crippen LogP contribution in [0.5, 0.6) is 0 Å². The topological polar surface area (TPSA) is 92.5 Å². The van der Waals surface area contributed by atoms with E-state index in [0.717, 1.165) is 19.3 Å². The Morgan fingerprint density at radius 3 is 2.47 bits per heavy atom. The van der Waals surface area contributed by atoms with E-state index in [2.05, 4.69) is 5.32 Å². The predicted octanol–water partition coefficient (Wildman–Crippen LogP) is -0.0984. The number of rotatable bonds is 7. The highest BCUT2D eigenvalue weighted by Gasteiger charge is 2.29. The first-order chi connectivity index (χ1) is 8.94. The summed E-state index contributed by atoms with van der Waals surface area (Å²) in [6, 6.07) is 0.0319. The molecule has 1 amide bonds. The number of nitrogens with two attached hydrogens (primary N) is 1. The molecule has 1 saturated carbocycles. The first-order valence-corrected chi connectivity index (χ1v) is 8.52. The molecule has 1 fully saturated rings. The molecule has 0 heterocycles. The second kappa shape index (κ2) is 7.21. The summed E-state index contributed by atoms with van der Waals surface area (Å²) in [4.78, 5) is 11.9. The van der Waals surface area contributed by atoms with E-state index in [9.17, 15) is 13.2 Å². The van der Waals surface area contributed by atoms with Crippen LogP contribution in [0, 0.1) is 5.92 Å². The highest BCUT2D eigenvalue weighted by Crippen LogP contribution is 2.24. The Morgan fingerprint density at radius 1 is 1.32 bits per heavy atom. The van der Waals surface area contributed by atoms with Gasteiger partial charge in [-0.05, 0) is 25.3 Å². The van der Waals surface area contributed by atoms with Crippen LogP contribution in [-0.2, 0) is 14.8 Å². The largest absolute Gasteiger partial charge is 0.352 e. The molecule has 0 aromatic carbocycles. The molecule has 0 aromatic rings. The molecule has 19 heavy (non-hydrogen) atoms. The molecule has 2 atom stereocenters. The van der Waals surface area contributed by atoms with E-state index in [4.69, 9.17) is 5.73 Å². The first kappa shape index (κ1) is 16.4. The molecule has 1 aliphatic carbocycles. The molecule has 0 aliphatic heterocycles. The number of hydrogen-bond donors (Lipinski definition) is 2. The standard InChI is InChI=1S/C12H25N3O3S/c1-3-15(4-2)19(17,18)9-12(16)14-11-7-5-6-10(11)8-13/h10-11H,3-9,13H2,1-2H3,(H,14,16). The van der Waals surface area contributed by atoms with Crippen molar-refractivity contribution in [2.45, 2.75) is 39.2 Å². The monoisotopic (exact) mass is 291 g/mol. The lowest BCUT2D eigenvalue weighted by Crippen LogP contribution is -2.45. The van der Waals surface area contributed by atoms with Crippen molar-refractivity contribution in [3.8, 4) is 0 Å². The van der Waals surface area contributed by atoms with Crippen LogP contribution in [0.3, 0.4) is 0 Å². The fourth-order valence-corrected chi connectivity index (χ4v) is 4.02. The van der Waals surface area contributed by atoms with Crippen molar-refractivity contribution in [2.75, 3.05) is 25.4 Å². The molecule has 0 saturated heterocycles. The van der Waals surface area contributed by atoms with E-state index >= 15 is 0 Å². The number of carbonyl (C=O) groups is 1. The lowest BCUT2D eigenvalue weighted by Gasteiger charge is -2.21. The summed E-state index contributed by atoms with van der Waals surface area (Å²) in [5.41, 5.74) is 5.64. The smallest absolute Gasteiger partial charge is 0.236 e. The summed E-state index contributed by atoms with van der Waals surface area (Å²) in [7, 11) is -3.50. The van der Waals surface area contributed by atoms with Crippen molar-refractivity contribution in [1.29, 1.82) is 0 Å². The van der Waals surface area contributed by atoms with Gasteiger partial charge in [0.25, 0.3) is 0 Å². The number of hydrogen-bond acceptors (Lipinski definition) is 4. The molecule has 1 rings (SSSR count). The van der Waals surface area contributed by atoms with Gasteiger partial charge in [-0.1, -0.05) is 20.3 Å². The van der Waals surface area contributed by atoms with Crippen molar-refractivity contribution >= 4 is 15.9 Å². The van der Waals surface area contributed by atoms with Crippen molar-refractivity contribution in [3.63, 3.8) is 0 Å². The molecule has 7 heteroatoms. The summed E-state index contributed by atoms with van der Waals surface area (Å²) in [5, 5.41) is 2.81. The minimum absolute atomic E-state index is 0.0319. The third-order valence-electron chi connectivity index (χ3n) is 3.72. The third-order valence-corrected chi connectivity index (χ3v) is 5.65. The van der Waals surface area contributed by atoms with E-state index in [1.165, 1.54) is 4.31 Å². The molecule has 0 aromatic heterocycles. The van der Waals surface area contributed by atoms with Crippen LogP contribution in [0.2, 0.25) is 0 Å². The van der Waals surface area contributed by atoms with Crippen LogP contribution < -0.4 is 11.1 Å². The van der Waals surface area contributed by atoms with Gasteiger partial charge >= 0.3 is 0 Å². The zero-order valence-corrected chi connectivity index (χ0v) is 12.6. The number of amides is 1. The Kier molecular flexibility index (Phi) is 6.22. The molecule has 0 radical (unpaired) electrons. The van der Waals surface area contributed by atoms with Gasteiger partial charge in [0.05, 0.1) is 0 Å². The number of nitrogens with one attached hydrogen (secondary N) is 1. The SMILES string of the molecule is CCN(CC)S(=O)(=O)CC(=O)NC1CCCC1CN. The molecule has 0 spiro atoms. The van der Waals surface area contributed by atoms with E-state index in [0.29, 0.717) is 19.6 Å². The zero-order chi connectivity index (χ0) is 14.5. The van der Waals surface area contributed by atoms with Gasteiger partial charge in [0.15, 0.2) is 0 Å². The fourth-order valence-electron chi connectivity index (χ4n) is 2.63. The Morgan fingerprint density at radius 2 is 1.95 bits per heavy atom. The van der Waals surface area contributed by atoms with Crippen molar-refractivity contribution in [2.24, 2.45) is 11.7 Å². The van der Waals surface area contributed by atoms with Gasteiger partial charge in [-0.3, -0.25) is 4.79 Å². The molecule has 112 valence electrons. The maximum absolute atomic E-state index is 12.0. The van der Waals surface area contributed by atoms with Crippen LogP contribution in [0.1, 0.15) is 33.1 Å². The fraction of sp³-hybridized carbons (Fsp3) is 0.917. The van der Waals surface area contributed by atoms with Crippen molar-refractivity contribution in [1.82, 2.24) is 9.62 Å². The second-order valence-corrected chi connectivity index (χ2v) is 6.91. The highest BCUT2D eigenvalue weighted by atomic mass is 32.2. The molecule has 1 aliphatic rings. The van der Waals surface area contributed by atoms with Crippen LogP contribution >= 0.6 is 0 Å². The zero-order valence-electron chi connectivity index (χ0n) is 11.8. The minimum Gasteiger partial charge on any atom is -0.352 e. The Hall–Kier alpha value is -0.660. The second-order valence-electron chi connectivity index (χ2n) is 4.94. The summed E-state index contributed by atoms with van der Waals surface area (Å²) in [6.45, 7) is 4.84. The van der Waals surface area contributed by atoms with Crippen molar-refractivity contribution < 1.29 is 13.2 Å². The molecular formula is C12H25N3O3S. The third kappa shape index (κ3) is 4.43. The number of nitrogens with zero attached hydrogens (tertiary/aromatic N) is 1. The van der Waals surface area contributed by atoms with E-state index in [-0.39, 0.29) is 12.0 Å². The van der Waals surface area contributed by atoms with Crippen molar-refractivity contribution in [3.05, 3.63) is 0 Å². The quantitative estimate of drug-likeness (QED) is 0.685. The van der Waals surface area contributed by atoms with Gasteiger partial charge in [0.1, 0.15) is 5.75 Å². The molecule has 0 bridgehead atoms. The maximum atomic E-state index is 12.0. The highest BCUT2D eigenvalue weighted by molar-refractivity contribution is 7.89. The molecular weight excluding hydrogens is 266 g/mol. The van der Waals surface area contributed by atoms with Crippen LogP contribution in [0.15, 0.2) is 0 Å². The lowest BCUT2D eigenvalue weighted by atomic mass is 10.0. The Labute approximate surface area is 115 Å². The van der Waals surface area contributed by atoms with Gasteiger partial charge < -0.3 is 11.1 Å². The number of carbonyl (C=O) groups excluding carboxylic acids is 1. The summed E-state index contributed by atoms with van der Waals surface area (Å²) in [5.74, 6) is -0.611.